The molecule has 7 nitrogen and oxygen atoms in total. The van der Waals surface area contributed by atoms with Gasteiger partial charge in [0.15, 0.2) is 11.5 Å². The highest BCUT2D eigenvalue weighted by molar-refractivity contribution is 5.95. The molecule has 7 heteroatoms. The van der Waals surface area contributed by atoms with Crippen LogP contribution in [0.3, 0.4) is 0 Å². The number of carbonyl (C=O) groups is 1. The lowest BCUT2D eigenvalue weighted by atomic mass is 10.0. The van der Waals surface area contributed by atoms with Gasteiger partial charge in [0, 0.05) is 5.56 Å². The van der Waals surface area contributed by atoms with Crippen molar-refractivity contribution in [2.24, 2.45) is 0 Å². The Kier molecular flexibility index (Phi) is 6.41. The fourth-order valence-corrected chi connectivity index (χ4v) is 1.67. The second kappa shape index (κ2) is 7.82. The Labute approximate surface area is 123 Å². The average Bonchev–Trinajstić information content (AvgIpc) is 2.53. The van der Waals surface area contributed by atoms with Gasteiger partial charge < -0.3 is 30.1 Å². The maximum atomic E-state index is 12.2. The highest BCUT2D eigenvalue weighted by Gasteiger charge is 2.30. The molecular weight excluding hydrogens is 278 g/mol. The Balaban J connectivity index is 2.99. The van der Waals surface area contributed by atoms with E-state index in [2.05, 4.69) is 5.32 Å². The molecule has 0 heterocycles. The number of ether oxygens (including phenoxy) is 2. The minimum Gasteiger partial charge on any atom is -0.493 e. The predicted octanol–water partition coefficient (Wildman–Crippen LogP) is -0.461. The molecule has 21 heavy (non-hydrogen) atoms. The number of rotatable bonds is 8. The first-order chi connectivity index (χ1) is 10.1. The number of hydrogen-bond donors (Lipinski definition) is 4. The van der Waals surface area contributed by atoms with Gasteiger partial charge in [0.1, 0.15) is 5.54 Å². The van der Waals surface area contributed by atoms with Crippen LogP contribution in [0.15, 0.2) is 18.2 Å². The Hall–Kier alpha value is -1.83. The van der Waals surface area contributed by atoms with Gasteiger partial charge in [-0.05, 0) is 25.1 Å². The third kappa shape index (κ3) is 4.07. The van der Waals surface area contributed by atoms with Crippen LogP contribution in [0.5, 0.6) is 11.5 Å². The van der Waals surface area contributed by atoms with Gasteiger partial charge in [-0.2, -0.15) is 0 Å². The van der Waals surface area contributed by atoms with Crippen molar-refractivity contribution < 1.29 is 29.6 Å². The number of nitrogens with one attached hydrogen (secondary N) is 1. The molecule has 0 aromatic heterocycles. The third-order valence-electron chi connectivity index (χ3n) is 3.01. The monoisotopic (exact) mass is 299 g/mol. The van der Waals surface area contributed by atoms with Crippen LogP contribution < -0.4 is 14.8 Å². The summed E-state index contributed by atoms with van der Waals surface area (Å²) in [7, 11) is 1.49. The summed E-state index contributed by atoms with van der Waals surface area (Å²) in [6.07, 6.45) is 0. The van der Waals surface area contributed by atoms with Crippen LogP contribution in [-0.2, 0) is 0 Å². The molecule has 0 aliphatic carbocycles. The largest absolute Gasteiger partial charge is 0.493 e. The fourth-order valence-electron chi connectivity index (χ4n) is 1.67. The van der Waals surface area contributed by atoms with Gasteiger partial charge >= 0.3 is 0 Å². The summed E-state index contributed by atoms with van der Waals surface area (Å²) in [5, 5.41) is 30.1. The van der Waals surface area contributed by atoms with E-state index in [1.54, 1.807) is 13.0 Å². The molecule has 0 atom stereocenters. The van der Waals surface area contributed by atoms with Crippen molar-refractivity contribution in [2.75, 3.05) is 33.5 Å². The average molecular weight is 299 g/mol. The lowest BCUT2D eigenvalue weighted by Crippen LogP contribution is -2.57. The standard InChI is InChI=1S/C14H21NO6/c1-3-21-12-6-10(4-5-11(12)20-2)13(19)15-14(7-16,8-17)9-18/h4-6,16-18H,3,7-9H2,1-2H3,(H,15,19). The van der Waals surface area contributed by atoms with Gasteiger partial charge in [0.2, 0.25) is 0 Å². The molecule has 4 N–H and O–H groups in total. The molecule has 1 aromatic rings. The molecule has 0 radical (unpaired) electrons. The maximum absolute atomic E-state index is 12.2. The Morgan fingerprint density at radius 1 is 1.19 bits per heavy atom. The highest BCUT2D eigenvalue weighted by atomic mass is 16.5. The van der Waals surface area contributed by atoms with E-state index in [1.165, 1.54) is 19.2 Å². The van der Waals surface area contributed by atoms with Crippen molar-refractivity contribution in [1.82, 2.24) is 5.32 Å². The first-order valence-electron chi connectivity index (χ1n) is 6.51. The lowest BCUT2D eigenvalue weighted by molar-refractivity contribution is 0.0375. The van der Waals surface area contributed by atoms with Crippen LogP contribution in [0.2, 0.25) is 0 Å². The summed E-state index contributed by atoms with van der Waals surface area (Å²) in [5.74, 6) is 0.358. The smallest absolute Gasteiger partial charge is 0.252 e. The van der Waals surface area contributed by atoms with Crippen molar-refractivity contribution in [3.8, 4) is 11.5 Å². The molecule has 0 unspecified atom stereocenters. The minimum absolute atomic E-state index is 0.263. The van der Waals surface area contributed by atoms with Crippen molar-refractivity contribution in [3.63, 3.8) is 0 Å². The number of hydrogen-bond acceptors (Lipinski definition) is 6. The van der Waals surface area contributed by atoms with Crippen LogP contribution >= 0.6 is 0 Å². The topological polar surface area (TPSA) is 108 Å². The summed E-state index contributed by atoms with van der Waals surface area (Å²) in [6, 6.07) is 4.60. The van der Waals surface area contributed by atoms with E-state index in [4.69, 9.17) is 9.47 Å². The van der Waals surface area contributed by atoms with E-state index in [0.29, 0.717) is 18.1 Å². The molecular formula is C14H21NO6. The zero-order valence-electron chi connectivity index (χ0n) is 12.1. The third-order valence-corrected chi connectivity index (χ3v) is 3.01. The minimum atomic E-state index is -1.47. The normalized spacial score (nSPS) is 11.1. The second-order valence-corrected chi connectivity index (χ2v) is 4.51. The van der Waals surface area contributed by atoms with Crippen molar-refractivity contribution in [3.05, 3.63) is 23.8 Å². The number of aliphatic hydroxyl groups excluding tert-OH is 3. The number of methoxy groups -OCH3 is 1. The van der Waals surface area contributed by atoms with Crippen LogP contribution in [0.4, 0.5) is 0 Å². The van der Waals surface area contributed by atoms with Crippen molar-refractivity contribution >= 4 is 5.91 Å². The summed E-state index contributed by atoms with van der Waals surface area (Å²) in [6.45, 7) is 0.469. The molecule has 0 saturated heterocycles. The van der Waals surface area contributed by atoms with E-state index in [1.807, 2.05) is 0 Å². The van der Waals surface area contributed by atoms with Crippen molar-refractivity contribution in [1.29, 1.82) is 0 Å². The van der Waals surface area contributed by atoms with E-state index >= 15 is 0 Å². The Morgan fingerprint density at radius 3 is 2.29 bits per heavy atom. The maximum Gasteiger partial charge on any atom is 0.252 e. The van der Waals surface area contributed by atoms with E-state index < -0.39 is 31.3 Å². The zero-order valence-corrected chi connectivity index (χ0v) is 12.1. The molecule has 0 bridgehead atoms. The highest BCUT2D eigenvalue weighted by Crippen LogP contribution is 2.28. The summed E-state index contributed by atoms with van der Waals surface area (Å²) < 4.78 is 10.5. The number of aliphatic hydroxyl groups is 3. The van der Waals surface area contributed by atoms with Gasteiger partial charge in [0.05, 0.1) is 33.5 Å². The van der Waals surface area contributed by atoms with Crippen LogP contribution in [0.25, 0.3) is 0 Å². The summed E-state index contributed by atoms with van der Waals surface area (Å²) in [4.78, 5) is 12.2. The van der Waals surface area contributed by atoms with Gasteiger partial charge in [-0.3, -0.25) is 4.79 Å². The Bertz CT molecular complexity index is 464. The van der Waals surface area contributed by atoms with Crippen LogP contribution in [0.1, 0.15) is 17.3 Å². The van der Waals surface area contributed by atoms with Gasteiger partial charge in [-0.15, -0.1) is 0 Å². The Morgan fingerprint density at radius 2 is 1.81 bits per heavy atom. The quantitative estimate of drug-likeness (QED) is 0.517. The number of carbonyl (C=O) groups excluding carboxylic acids is 1. The summed E-state index contributed by atoms with van der Waals surface area (Å²) >= 11 is 0. The molecule has 1 amide bonds. The summed E-state index contributed by atoms with van der Waals surface area (Å²) in [5.41, 5.74) is -1.21. The first kappa shape index (κ1) is 17.2. The molecule has 1 rings (SSSR count). The zero-order chi connectivity index (χ0) is 15.9. The fraction of sp³-hybridized carbons (Fsp3) is 0.500. The molecule has 0 spiro atoms. The van der Waals surface area contributed by atoms with E-state index in [0.717, 1.165) is 0 Å². The predicted molar refractivity (Wildman–Crippen MR) is 75.6 cm³/mol. The SMILES string of the molecule is CCOc1cc(C(=O)NC(CO)(CO)CO)ccc1OC. The molecule has 0 fully saturated rings. The van der Waals surface area contributed by atoms with Gasteiger partial charge in [-0.25, -0.2) is 0 Å². The van der Waals surface area contributed by atoms with Gasteiger partial charge in [0.25, 0.3) is 5.91 Å². The molecule has 0 aliphatic heterocycles. The van der Waals surface area contributed by atoms with E-state index in [9.17, 15) is 20.1 Å². The second-order valence-electron chi connectivity index (χ2n) is 4.51. The van der Waals surface area contributed by atoms with Crippen molar-refractivity contribution in [2.45, 2.75) is 12.5 Å². The number of benzene rings is 1. The molecule has 118 valence electrons. The molecule has 1 aromatic carbocycles. The van der Waals surface area contributed by atoms with E-state index in [-0.39, 0.29) is 5.56 Å². The molecule has 0 aliphatic rings. The molecule has 0 saturated carbocycles. The lowest BCUT2D eigenvalue weighted by Gasteiger charge is -2.28. The number of amides is 1. The van der Waals surface area contributed by atoms with Gasteiger partial charge in [-0.1, -0.05) is 0 Å². The van der Waals surface area contributed by atoms with Crippen LogP contribution in [-0.4, -0.2) is 60.3 Å². The first-order valence-corrected chi connectivity index (χ1v) is 6.51. The van der Waals surface area contributed by atoms with Crippen LogP contribution in [0, 0.1) is 0 Å².